The summed E-state index contributed by atoms with van der Waals surface area (Å²) in [6.45, 7) is 1.91. The second kappa shape index (κ2) is 6.58. The maximum absolute atomic E-state index is 12.1. The monoisotopic (exact) mass is 325 g/mol. The van der Waals surface area contributed by atoms with Crippen LogP contribution in [-0.4, -0.2) is 15.5 Å². The quantitative estimate of drug-likeness (QED) is 0.802. The van der Waals surface area contributed by atoms with Crippen LogP contribution in [0.15, 0.2) is 59.0 Å². The fraction of sp³-hybridized carbons (Fsp3) is 0.118. The van der Waals surface area contributed by atoms with Gasteiger partial charge in [-0.15, -0.1) is 11.3 Å². The van der Waals surface area contributed by atoms with Gasteiger partial charge in [-0.1, -0.05) is 23.8 Å². The number of benzene rings is 1. The predicted molar refractivity (Wildman–Crippen MR) is 91.6 cm³/mol. The number of hydrogen-bond acceptors (Lipinski definition) is 4. The molecule has 0 aliphatic carbocycles. The number of anilines is 1. The van der Waals surface area contributed by atoms with Crippen molar-refractivity contribution in [3.05, 3.63) is 70.1 Å². The molecule has 0 atom stereocenters. The summed E-state index contributed by atoms with van der Waals surface area (Å²) in [5, 5.41) is 4.69. The molecule has 1 amide bonds. The van der Waals surface area contributed by atoms with Gasteiger partial charge in [0.25, 0.3) is 5.56 Å². The van der Waals surface area contributed by atoms with Gasteiger partial charge in [0.05, 0.1) is 16.9 Å². The normalized spacial score (nSPS) is 10.5. The van der Waals surface area contributed by atoms with E-state index in [9.17, 15) is 9.59 Å². The molecule has 6 heteroatoms. The average Bonchev–Trinajstić information content (AvgIpc) is 3.06. The molecule has 2 heterocycles. The molecule has 0 aliphatic rings. The molecule has 3 rings (SSSR count). The van der Waals surface area contributed by atoms with E-state index in [0.717, 1.165) is 10.4 Å². The highest BCUT2D eigenvalue weighted by molar-refractivity contribution is 7.13. The van der Waals surface area contributed by atoms with Crippen LogP contribution in [0, 0.1) is 6.92 Å². The van der Waals surface area contributed by atoms with Crippen LogP contribution in [0.2, 0.25) is 0 Å². The molecule has 0 spiro atoms. The molecule has 0 bridgehead atoms. The first-order chi connectivity index (χ1) is 11.1. The Morgan fingerprint density at radius 3 is 2.70 bits per heavy atom. The van der Waals surface area contributed by atoms with Crippen molar-refractivity contribution < 1.29 is 4.79 Å². The minimum atomic E-state index is -0.262. The maximum Gasteiger partial charge on any atom is 0.254 e. The van der Waals surface area contributed by atoms with Crippen molar-refractivity contribution in [3.8, 4) is 10.6 Å². The SMILES string of the molecule is Cc1ccc(NC(=O)Cn2cnc(-c3cccs3)cc2=O)cc1. The molecule has 0 saturated heterocycles. The van der Waals surface area contributed by atoms with Crippen molar-refractivity contribution in [1.82, 2.24) is 9.55 Å². The van der Waals surface area contributed by atoms with Gasteiger partial charge in [0.1, 0.15) is 6.54 Å². The predicted octanol–water partition coefficient (Wildman–Crippen LogP) is 2.92. The molecular formula is C17H15N3O2S. The molecule has 116 valence electrons. The van der Waals surface area contributed by atoms with Gasteiger partial charge >= 0.3 is 0 Å². The van der Waals surface area contributed by atoms with Crippen molar-refractivity contribution >= 4 is 22.9 Å². The molecule has 0 aliphatic heterocycles. The summed E-state index contributed by atoms with van der Waals surface area (Å²) >= 11 is 1.52. The van der Waals surface area contributed by atoms with Crippen LogP contribution >= 0.6 is 11.3 Å². The third kappa shape index (κ3) is 3.73. The van der Waals surface area contributed by atoms with Crippen molar-refractivity contribution in [2.75, 3.05) is 5.32 Å². The molecule has 0 radical (unpaired) electrons. The lowest BCUT2D eigenvalue weighted by molar-refractivity contribution is -0.116. The fourth-order valence-corrected chi connectivity index (χ4v) is 2.79. The number of carbonyl (C=O) groups is 1. The van der Waals surface area contributed by atoms with Crippen molar-refractivity contribution in [2.45, 2.75) is 13.5 Å². The lowest BCUT2D eigenvalue weighted by Gasteiger charge is -2.08. The van der Waals surface area contributed by atoms with Crippen LogP contribution in [0.25, 0.3) is 10.6 Å². The van der Waals surface area contributed by atoms with Crippen LogP contribution in [-0.2, 0) is 11.3 Å². The zero-order valence-corrected chi connectivity index (χ0v) is 13.3. The Morgan fingerprint density at radius 2 is 2.04 bits per heavy atom. The number of carbonyl (C=O) groups excluding carboxylic acids is 1. The summed E-state index contributed by atoms with van der Waals surface area (Å²) in [4.78, 5) is 29.3. The highest BCUT2D eigenvalue weighted by Gasteiger charge is 2.08. The minimum Gasteiger partial charge on any atom is -0.325 e. The molecule has 0 saturated carbocycles. The number of nitrogens with one attached hydrogen (secondary N) is 1. The number of thiophene rings is 1. The topological polar surface area (TPSA) is 64.0 Å². The number of hydrogen-bond donors (Lipinski definition) is 1. The van der Waals surface area contributed by atoms with Gasteiger partial charge in [0.15, 0.2) is 0 Å². The summed E-state index contributed by atoms with van der Waals surface area (Å²) in [5.41, 5.74) is 2.20. The average molecular weight is 325 g/mol. The summed E-state index contributed by atoms with van der Waals surface area (Å²) < 4.78 is 1.29. The van der Waals surface area contributed by atoms with Gasteiger partial charge in [-0.3, -0.25) is 14.2 Å². The van der Waals surface area contributed by atoms with E-state index in [2.05, 4.69) is 10.3 Å². The number of aryl methyl sites for hydroxylation is 1. The van der Waals surface area contributed by atoms with Crippen LogP contribution in [0.5, 0.6) is 0 Å². The second-order valence-corrected chi connectivity index (χ2v) is 6.08. The first-order valence-electron chi connectivity index (χ1n) is 7.09. The molecule has 0 fully saturated rings. The molecule has 0 unspecified atom stereocenters. The number of aromatic nitrogens is 2. The van der Waals surface area contributed by atoms with Crippen LogP contribution in [0.4, 0.5) is 5.69 Å². The highest BCUT2D eigenvalue weighted by Crippen LogP contribution is 2.20. The smallest absolute Gasteiger partial charge is 0.254 e. The van der Waals surface area contributed by atoms with Crippen LogP contribution in [0.3, 0.4) is 0 Å². The largest absolute Gasteiger partial charge is 0.325 e. The third-order valence-corrected chi connectivity index (χ3v) is 4.19. The van der Waals surface area contributed by atoms with E-state index in [1.807, 2.05) is 48.7 Å². The van der Waals surface area contributed by atoms with Crippen LogP contribution < -0.4 is 10.9 Å². The van der Waals surface area contributed by atoms with Gasteiger partial charge < -0.3 is 5.32 Å². The Morgan fingerprint density at radius 1 is 1.26 bits per heavy atom. The maximum atomic E-state index is 12.1. The number of rotatable bonds is 4. The zero-order chi connectivity index (χ0) is 16.2. The molecular weight excluding hydrogens is 310 g/mol. The molecule has 3 aromatic rings. The standard InChI is InChI=1S/C17H15N3O2S/c1-12-4-6-13(7-5-12)19-16(21)10-20-11-18-14(9-17(20)22)15-3-2-8-23-15/h2-9,11H,10H2,1H3,(H,19,21). The highest BCUT2D eigenvalue weighted by atomic mass is 32.1. The van der Waals surface area contributed by atoms with E-state index in [-0.39, 0.29) is 18.0 Å². The van der Waals surface area contributed by atoms with Crippen molar-refractivity contribution in [1.29, 1.82) is 0 Å². The molecule has 23 heavy (non-hydrogen) atoms. The van der Waals surface area contributed by atoms with E-state index in [1.54, 1.807) is 0 Å². The first kappa shape index (κ1) is 15.2. The number of amides is 1. The van der Waals surface area contributed by atoms with Crippen molar-refractivity contribution in [3.63, 3.8) is 0 Å². The van der Waals surface area contributed by atoms with E-state index in [1.165, 1.54) is 28.3 Å². The molecule has 2 aromatic heterocycles. The Hall–Kier alpha value is -2.73. The molecule has 5 nitrogen and oxygen atoms in total. The Kier molecular flexibility index (Phi) is 4.34. The minimum absolute atomic E-state index is 0.0650. The Labute approximate surface area is 137 Å². The van der Waals surface area contributed by atoms with E-state index >= 15 is 0 Å². The van der Waals surface area contributed by atoms with Crippen LogP contribution in [0.1, 0.15) is 5.56 Å². The lowest BCUT2D eigenvalue weighted by atomic mass is 10.2. The van der Waals surface area contributed by atoms with Gasteiger partial charge in [0, 0.05) is 11.8 Å². The summed E-state index contributed by atoms with van der Waals surface area (Å²) in [5.74, 6) is -0.262. The zero-order valence-electron chi connectivity index (χ0n) is 12.5. The lowest BCUT2D eigenvalue weighted by Crippen LogP contribution is -2.27. The van der Waals surface area contributed by atoms with Gasteiger partial charge in [-0.25, -0.2) is 4.98 Å². The second-order valence-electron chi connectivity index (χ2n) is 5.13. The number of nitrogens with zero attached hydrogens (tertiary/aromatic N) is 2. The van der Waals surface area contributed by atoms with E-state index in [4.69, 9.17) is 0 Å². The summed E-state index contributed by atoms with van der Waals surface area (Å²) in [6.07, 6.45) is 1.41. The first-order valence-corrected chi connectivity index (χ1v) is 7.97. The van der Waals surface area contributed by atoms with E-state index < -0.39 is 0 Å². The third-order valence-electron chi connectivity index (χ3n) is 3.30. The summed E-state index contributed by atoms with van der Waals surface area (Å²) in [6, 6.07) is 12.7. The van der Waals surface area contributed by atoms with Gasteiger partial charge in [-0.05, 0) is 30.5 Å². The van der Waals surface area contributed by atoms with Gasteiger partial charge in [0.2, 0.25) is 5.91 Å². The summed E-state index contributed by atoms with van der Waals surface area (Å²) in [7, 11) is 0. The van der Waals surface area contributed by atoms with E-state index in [0.29, 0.717) is 11.4 Å². The van der Waals surface area contributed by atoms with Gasteiger partial charge in [-0.2, -0.15) is 0 Å². The molecule has 1 aromatic carbocycles. The molecule has 1 N–H and O–H groups in total. The Balaban J connectivity index is 1.71. The fourth-order valence-electron chi connectivity index (χ4n) is 2.10. The van der Waals surface area contributed by atoms with Crippen molar-refractivity contribution in [2.24, 2.45) is 0 Å². The Bertz CT molecular complexity index is 868.